The van der Waals surface area contributed by atoms with E-state index < -0.39 is 5.97 Å². The fourth-order valence-electron chi connectivity index (χ4n) is 0.862. The Morgan fingerprint density at radius 1 is 1.38 bits per heavy atom. The molecule has 0 amide bonds. The molecule has 0 aliphatic carbocycles. The molecule has 0 radical (unpaired) electrons. The fraction of sp³-hybridized carbons (Fsp3) is 0.125. The van der Waals surface area contributed by atoms with Crippen LogP contribution in [0.15, 0.2) is 18.2 Å². The summed E-state index contributed by atoms with van der Waals surface area (Å²) in [5.74, 6) is -0.921. The van der Waals surface area contributed by atoms with Gasteiger partial charge >= 0.3 is 5.97 Å². The Labute approximate surface area is 75.3 Å². The molecule has 0 bridgehead atoms. The molecule has 0 spiro atoms. The average molecular weight is 181 g/mol. The van der Waals surface area contributed by atoms with Gasteiger partial charge in [0.2, 0.25) is 0 Å². The summed E-state index contributed by atoms with van der Waals surface area (Å²) in [7, 11) is 0. The topological polar surface area (TPSA) is 101 Å². The molecule has 0 fully saturated rings. The maximum absolute atomic E-state index is 10.2. The van der Waals surface area contributed by atoms with Crippen LogP contribution in [0.5, 0.6) is 0 Å². The first-order chi connectivity index (χ1) is 6.09. The highest BCUT2D eigenvalue weighted by molar-refractivity contribution is 5.75. The van der Waals surface area contributed by atoms with Crippen molar-refractivity contribution in [2.45, 2.75) is 0 Å². The number of hydrogen-bond acceptors (Lipinski definition) is 4. The number of nitrogens with one attached hydrogen (secondary N) is 1. The molecule has 0 saturated heterocycles. The molecule has 1 aromatic carbocycles. The minimum atomic E-state index is -0.921. The van der Waals surface area contributed by atoms with Crippen LogP contribution in [0.1, 0.15) is 0 Å². The van der Waals surface area contributed by atoms with E-state index >= 15 is 0 Å². The van der Waals surface area contributed by atoms with Gasteiger partial charge in [-0.05, 0) is 18.2 Å². The molecule has 1 rings (SSSR count). The van der Waals surface area contributed by atoms with Gasteiger partial charge in [-0.3, -0.25) is 4.79 Å². The number of nitrogens with two attached hydrogens (primary N) is 2. The van der Waals surface area contributed by atoms with Gasteiger partial charge in [0, 0.05) is 5.69 Å². The van der Waals surface area contributed by atoms with Crippen LogP contribution in [-0.4, -0.2) is 17.6 Å². The molecule has 0 aliphatic rings. The zero-order valence-electron chi connectivity index (χ0n) is 6.95. The van der Waals surface area contributed by atoms with Crippen LogP contribution >= 0.6 is 0 Å². The second-order valence-electron chi connectivity index (χ2n) is 2.59. The maximum atomic E-state index is 10.2. The Morgan fingerprint density at radius 3 is 2.62 bits per heavy atom. The van der Waals surface area contributed by atoms with Crippen LogP contribution in [0.2, 0.25) is 0 Å². The van der Waals surface area contributed by atoms with Crippen LogP contribution in [0.3, 0.4) is 0 Å². The number of aliphatic carboxylic acids is 1. The standard InChI is InChI=1S/C8H11N3O2/c9-6-2-1-5(3-7(6)10)11-4-8(12)13/h1-3,11H,4,9-10H2,(H,12,13). The minimum Gasteiger partial charge on any atom is -0.480 e. The highest BCUT2D eigenvalue weighted by Crippen LogP contribution is 2.19. The maximum Gasteiger partial charge on any atom is 0.322 e. The number of anilines is 3. The van der Waals surface area contributed by atoms with E-state index in [1.807, 2.05) is 0 Å². The third-order valence-electron chi connectivity index (χ3n) is 1.53. The summed E-state index contributed by atoms with van der Waals surface area (Å²) in [6.07, 6.45) is 0. The number of nitrogen functional groups attached to an aromatic ring is 2. The Morgan fingerprint density at radius 2 is 2.08 bits per heavy atom. The predicted molar refractivity (Wildman–Crippen MR) is 51.4 cm³/mol. The van der Waals surface area contributed by atoms with E-state index in [0.29, 0.717) is 17.1 Å². The van der Waals surface area contributed by atoms with E-state index in [1.165, 1.54) is 0 Å². The summed E-state index contributed by atoms with van der Waals surface area (Å²) < 4.78 is 0. The van der Waals surface area contributed by atoms with Gasteiger partial charge in [-0.2, -0.15) is 0 Å². The van der Waals surface area contributed by atoms with Crippen molar-refractivity contribution < 1.29 is 9.90 Å². The van der Waals surface area contributed by atoms with Gasteiger partial charge in [0.05, 0.1) is 11.4 Å². The van der Waals surface area contributed by atoms with E-state index in [9.17, 15) is 4.79 Å². The van der Waals surface area contributed by atoms with Gasteiger partial charge in [0.15, 0.2) is 0 Å². The van der Waals surface area contributed by atoms with Crippen LogP contribution < -0.4 is 16.8 Å². The van der Waals surface area contributed by atoms with Gasteiger partial charge in [-0.25, -0.2) is 0 Å². The van der Waals surface area contributed by atoms with Crippen molar-refractivity contribution in [3.8, 4) is 0 Å². The smallest absolute Gasteiger partial charge is 0.322 e. The first-order valence-corrected chi connectivity index (χ1v) is 3.70. The Kier molecular flexibility index (Phi) is 2.59. The monoisotopic (exact) mass is 181 g/mol. The van der Waals surface area contributed by atoms with Crippen molar-refractivity contribution in [1.29, 1.82) is 0 Å². The Bertz CT molecular complexity index is 325. The van der Waals surface area contributed by atoms with E-state index in [-0.39, 0.29) is 6.54 Å². The summed E-state index contributed by atoms with van der Waals surface area (Å²) in [6.45, 7) is -0.136. The largest absolute Gasteiger partial charge is 0.480 e. The molecule has 0 atom stereocenters. The fourth-order valence-corrected chi connectivity index (χ4v) is 0.862. The summed E-state index contributed by atoms with van der Waals surface area (Å²) in [5.41, 5.74) is 12.6. The lowest BCUT2D eigenvalue weighted by molar-refractivity contribution is -0.134. The van der Waals surface area contributed by atoms with Crippen molar-refractivity contribution >= 4 is 23.0 Å². The number of carboxylic acid groups (broad SMARTS) is 1. The lowest BCUT2D eigenvalue weighted by Crippen LogP contribution is -2.12. The second kappa shape index (κ2) is 3.66. The van der Waals surface area contributed by atoms with E-state index in [4.69, 9.17) is 16.6 Å². The molecule has 1 aromatic rings. The van der Waals surface area contributed by atoms with Gasteiger partial charge in [0.25, 0.3) is 0 Å². The van der Waals surface area contributed by atoms with Crippen molar-refractivity contribution in [2.75, 3.05) is 23.3 Å². The van der Waals surface area contributed by atoms with Crippen LogP contribution in [0, 0.1) is 0 Å². The van der Waals surface area contributed by atoms with Gasteiger partial charge in [0.1, 0.15) is 6.54 Å². The van der Waals surface area contributed by atoms with Crippen LogP contribution in [0.25, 0.3) is 0 Å². The first-order valence-electron chi connectivity index (χ1n) is 3.70. The summed E-state index contributed by atoms with van der Waals surface area (Å²) >= 11 is 0. The van der Waals surface area contributed by atoms with E-state index in [1.54, 1.807) is 18.2 Å². The molecular weight excluding hydrogens is 170 g/mol. The molecule has 13 heavy (non-hydrogen) atoms. The van der Waals surface area contributed by atoms with Crippen LogP contribution in [-0.2, 0) is 4.79 Å². The molecule has 0 heterocycles. The second-order valence-corrected chi connectivity index (χ2v) is 2.59. The van der Waals surface area contributed by atoms with Gasteiger partial charge in [-0.1, -0.05) is 0 Å². The van der Waals surface area contributed by atoms with E-state index in [0.717, 1.165) is 0 Å². The number of hydrogen-bond donors (Lipinski definition) is 4. The van der Waals surface area contributed by atoms with Crippen LogP contribution in [0.4, 0.5) is 17.1 Å². The molecule has 0 aromatic heterocycles. The summed E-state index contributed by atoms with van der Waals surface area (Å²) in [5, 5.41) is 11.1. The molecule has 70 valence electrons. The summed E-state index contributed by atoms with van der Waals surface area (Å²) in [4.78, 5) is 10.2. The zero-order valence-corrected chi connectivity index (χ0v) is 6.95. The molecule has 0 saturated carbocycles. The zero-order chi connectivity index (χ0) is 9.84. The first kappa shape index (κ1) is 9.18. The highest BCUT2D eigenvalue weighted by Gasteiger charge is 1.99. The predicted octanol–water partition coefficient (Wildman–Crippen LogP) is 0.347. The van der Waals surface area contributed by atoms with Gasteiger partial charge in [-0.15, -0.1) is 0 Å². The van der Waals surface area contributed by atoms with Crippen molar-refractivity contribution in [2.24, 2.45) is 0 Å². The number of carbonyl (C=O) groups is 1. The number of carboxylic acids is 1. The minimum absolute atomic E-state index is 0.136. The third-order valence-corrected chi connectivity index (χ3v) is 1.53. The molecule has 5 heteroatoms. The number of rotatable bonds is 3. The van der Waals surface area contributed by atoms with Crippen molar-refractivity contribution in [3.05, 3.63) is 18.2 Å². The quantitative estimate of drug-likeness (QED) is 0.504. The lowest BCUT2D eigenvalue weighted by atomic mass is 10.2. The number of benzene rings is 1. The SMILES string of the molecule is Nc1ccc(NCC(=O)O)cc1N. The summed E-state index contributed by atoms with van der Waals surface area (Å²) in [6, 6.07) is 4.90. The van der Waals surface area contributed by atoms with Crippen molar-refractivity contribution in [3.63, 3.8) is 0 Å². The average Bonchev–Trinajstić information content (AvgIpc) is 2.07. The normalized spacial score (nSPS) is 9.54. The molecule has 0 unspecified atom stereocenters. The molecule has 0 aliphatic heterocycles. The molecule has 5 nitrogen and oxygen atoms in total. The Hall–Kier alpha value is -1.91. The van der Waals surface area contributed by atoms with Gasteiger partial charge < -0.3 is 21.9 Å². The third kappa shape index (κ3) is 2.55. The molecule has 6 N–H and O–H groups in total. The highest BCUT2D eigenvalue weighted by atomic mass is 16.4. The van der Waals surface area contributed by atoms with Crippen molar-refractivity contribution in [1.82, 2.24) is 0 Å². The molecular formula is C8H11N3O2. The Balaban J connectivity index is 2.68. The lowest BCUT2D eigenvalue weighted by Gasteiger charge is -2.05. The van der Waals surface area contributed by atoms with E-state index in [2.05, 4.69) is 5.32 Å².